The van der Waals surface area contributed by atoms with E-state index in [0.29, 0.717) is 17.2 Å². The molecular weight excluding hydrogens is 425 g/mol. The van der Waals surface area contributed by atoms with E-state index in [1.165, 1.54) is 11.6 Å². The summed E-state index contributed by atoms with van der Waals surface area (Å²) in [6.45, 7) is -0.112. The van der Waals surface area contributed by atoms with Gasteiger partial charge in [0.05, 0.1) is 5.69 Å². The lowest BCUT2D eigenvalue weighted by molar-refractivity contribution is 0.297. The molecule has 0 bridgehead atoms. The normalized spacial score (nSPS) is 14.5. The molecule has 4 aromatic rings. The highest BCUT2D eigenvalue weighted by Crippen LogP contribution is 2.43. The summed E-state index contributed by atoms with van der Waals surface area (Å²) in [5.41, 5.74) is 6.40. The van der Waals surface area contributed by atoms with Crippen LogP contribution in [0.15, 0.2) is 72.9 Å². The van der Waals surface area contributed by atoms with E-state index in [0.717, 1.165) is 33.8 Å². The first-order valence-corrected chi connectivity index (χ1v) is 10.9. The summed E-state index contributed by atoms with van der Waals surface area (Å²) in [4.78, 5) is 9.31. The van der Waals surface area contributed by atoms with Gasteiger partial charge in [0.15, 0.2) is 0 Å². The number of aliphatic hydroxyl groups excluding tert-OH is 1. The van der Waals surface area contributed by atoms with Gasteiger partial charge in [-0.05, 0) is 59.4 Å². The van der Waals surface area contributed by atoms with E-state index in [2.05, 4.69) is 28.5 Å². The zero-order valence-electron chi connectivity index (χ0n) is 17.2. The number of aliphatic hydroxyl groups is 1. The van der Waals surface area contributed by atoms with Crippen LogP contribution in [0.5, 0.6) is 0 Å². The predicted molar refractivity (Wildman–Crippen MR) is 125 cm³/mol. The first kappa shape index (κ1) is 20.6. The number of aromatic nitrogens is 2. The Kier molecular flexibility index (Phi) is 5.60. The average Bonchev–Trinajstić information content (AvgIpc) is 2.81. The molecule has 0 radical (unpaired) electrons. The van der Waals surface area contributed by atoms with Crippen LogP contribution in [-0.4, -0.2) is 21.7 Å². The maximum Gasteiger partial charge on any atom is 0.227 e. The molecule has 0 unspecified atom stereocenters. The maximum absolute atomic E-state index is 13.9. The largest absolute Gasteiger partial charge is 0.396 e. The summed E-state index contributed by atoms with van der Waals surface area (Å²) >= 11 is 6.53. The van der Waals surface area contributed by atoms with Gasteiger partial charge >= 0.3 is 0 Å². The van der Waals surface area contributed by atoms with Crippen LogP contribution in [0, 0.1) is 5.82 Å². The molecule has 0 fully saturated rings. The van der Waals surface area contributed by atoms with Gasteiger partial charge in [0.1, 0.15) is 5.82 Å². The number of benzene rings is 3. The predicted octanol–water partition coefficient (Wildman–Crippen LogP) is 5.90. The number of nitrogens with zero attached hydrogens (tertiary/aromatic N) is 2. The molecule has 1 aromatic heterocycles. The van der Waals surface area contributed by atoms with Crippen LogP contribution >= 0.6 is 11.6 Å². The van der Waals surface area contributed by atoms with E-state index in [1.54, 1.807) is 12.1 Å². The Bertz CT molecular complexity index is 1290. The number of hydrogen-bond acceptors (Lipinski definition) is 4. The summed E-state index contributed by atoms with van der Waals surface area (Å²) in [5, 5.41) is 13.1. The molecule has 6 heteroatoms. The van der Waals surface area contributed by atoms with Gasteiger partial charge in [-0.2, -0.15) is 0 Å². The van der Waals surface area contributed by atoms with Crippen molar-refractivity contribution in [1.82, 2.24) is 9.97 Å². The fraction of sp³-hybridized carbons (Fsp3) is 0.154. The molecule has 1 aliphatic carbocycles. The molecular formula is C26H21ClFN3O. The first-order chi connectivity index (χ1) is 15.6. The highest BCUT2D eigenvalue weighted by Gasteiger charge is 2.28. The minimum atomic E-state index is -0.337. The number of anilines is 2. The number of halogens is 2. The van der Waals surface area contributed by atoms with Crippen LogP contribution in [0.2, 0.25) is 5.02 Å². The van der Waals surface area contributed by atoms with E-state index < -0.39 is 0 Å². The molecule has 160 valence electrons. The maximum atomic E-state index is 13.9. The van der Waals surface area contributed by atoms with Crippen molar-refractivity contribution in [3.8, 4) is 11.3 Å². The molecule has 0 aliphatic heterocycles. The van der Waals surface area contributed by atoms with Crippen LogP contribution in [-0.2, 0) is 12.8 Å². The Hall–Kier alpha value is -3.28. The lowest BCUT2D eigenvalue weighted by Gasteiger charge is -2.28. The summed E-state index contributed by atoms with van der Waals surface area (Å²) in [6, 6.07) is 20.9. The van der Waals surface area contributed by atoms with Crippen LogP contribution in [0.4, 0.5) is 16.0 Å². The monoisotopic (exact) mass is 445 g/mol. The molecule has 2 N–H and O–H groups in total. The van der Waals surface area contributed by atoms with Crippen LogP contribution in [0.3, 0.4) is 0 Å². The van der Waals surface area contributed by atoms with Crippen molar-refractivity contribution in [2.45, 2.75) is 18.8 Å². The lowest BCUT2D eigenvalue weighted by atomic mass is 9.78. The van der Waals surface area contributed by atoms with Gasteiger partial charge in [-0.1, -0.05) is 54.1 Å². The van der Waals surface area contributed by atoms with E-state index in [4.69, 9.17) is 21.7 Å². The smallest absolute Gasteiger partial charge is 0.227 e. The van der Waals surface area contributed by atoms with Crippen molar-refractivity contribution in [2.75, 3.05) is 11.9 Å². The van der Waals surface area contributed by atoms with Crippen molar-refractivity contribution < 1.29 is 9.50 Å². The zero-order chi connectivity index (χ0) is 22.1. The topological polar surface area (TPSA) is 58.0 Å². The highest BCUT2D eigenvalue weighted by atomic mass is 35.5. The van der Waals surface area contributed by atoms with E-state index >= 15 is 0 Å². The van der Waals surface area contributed by atoms with Crippen LogP contribution < -0.4 is 5.32 Å². The van der Waals surface area contributed by atoms with Crippen molar-refractivity contribution >= 4 is 23.2 Å². The van der Waals surface area contributed by atoms with E-state index in [9.17, 15) is 4.39 Å². The summed E-state index contributed by atoms with van der Waals surface area (Å²) in [6.07, 6.45) is 2.86. The van der Waals surface area contributed by atoms with Gasteiger partial charge < -0.3 is 10.4 Å². The Balaban J connectivity index is 1.51. The van der Waals surface area contributed by atoms with Crippen LogP contribution in [0.1, 0.15) is 28.2 Å². The second-order valence-corrected chi connectivity index (χ2v) is 8.24. The highest BCUT2D eigenvalue weighted by molar-refractivity contribution is 6.31. The molecule has 3 aromatic carbocycles. The Morgan fingerprint density at radius 3 is 2.62 bits per heavy atom. The van der Waals surface area contributed by atoms with Gasteiger partial charge in [-0.3, -0.25) is 0 Å². The molecule has 1 aliphatic rings. The number of rotatable bonds is 5. The second-order valence-electron chi connectivity index (χ2n) is 7.84. The summed E-state index contributed by atoms with van der Waals surface area (Å²) in [5.74, 6) is 0.236. The molecule has 1 atom stereocenters. The summed E-state index contributed by atoms with van der Waals surface area (Å²) < 4.78 is 13.9. The SMILES string of the molecule is OCCc1cc(Nc2ncc3c(n2)-c2ccccc2[C@H](c2ccccc2Cl)C3)ccc1F. The van der Waals surface area contributed by atoms with Crippen molar-refractivity contribution in [2.24, 2.45) is 0 Å². The molecule has 4 nitrogen and oxygen atoms in total. The van der Waals surface area contributed by atoms with Crippen molar-refractivity contribution in [1.29, 1.82) is 0 Å². The molecule has 0 saturated heterocycles. The molecule has 1 heterocycles. The lowest BCUT2D eigenvalue weighted by Crippen LogP contribution is -2.15. The van der Waals surface area contributed by atoms with Crippen molar-refractivity contribution in [3.63, 3.8) is 0 Å². The second kappa shape index (κ2) is 8.69. The van der Waals surface area contributed by atoms with Crippen molar-refractivity contribution in [3.05, 3.63) is 106 Å². The standard InChI is InChI=1S/C26H21ClFN3O/c27-23-8-4-3-6-20(23)22-14-17-15-29-26(31-25(17)21-7-2-1-5-19(21)22)30-18-9-10-24(28)16(13-18)11-12-32/h1-10,13,15,22,32H,11-12,14H2,(H,29,30,31)/t22-/m1/s1. The van der Waals surface area contributed by atoms with Gasteiger partial charge in [-0.15, -0.1) is 0 Å². The Morgan fingerprint density at radius 1 is 1.03 bits per heavy atom. The number of fused-ring (bicyclic) bond motifs is 3. The number of hydrogen-bond donors (Lipinski definition) is 2. The minimum absolute atomic E-state index is 0.112. The summed E-state index contributed by atoms with van der Waals surface area (Å²) in [7, 11) is 0. The van der Waals surface area contributed by atoms with Crippen LogP contribution in [0.25, 0.3) is 11.3 Å². The Labute approximate surface area is 190 Å². The molecule has 0 amide bonds. The third-order valence-corrected chi connectivity index (χ3v) is 6.19. The first-order valence-electron chi connectivity index (χ1n) is 10.5. The molecule has 32 heavy (non-hydrogen) atoms. The number of nitrogens with one attached hydrogen (secondary N) is 1. The van der Waals surface area contributed by atoms with Gasteiger partial charge in [-0.25, -0.2) is 14.4 Å². The third-order valence-electron chi connectivity index (χ3n) is 5.84. The van der Waals surface area contributed by atoms with Gasteiger partial charge in [0.2, 0.25) is 5.95 Å². The minimum Gasteiger partial charge on any atom is -0.396 e. The Morgan fingerprint density at radius 2 is 1.81 bits per heavy atom. The van der Waals surface area contributed by atoms with E-state index in [1.807, 2.05) is 36.5 Å². The van der Waals surface area contributed by atoms with Gasteiger partial charge in [0.25, 0.3) is 0 Å². The molecule has 5 rings (SSSR count). The molecule has 0 spiro atoms. The molecule has 0 saturated carbocycles. The van der Waals surface area contributed by atoms with Gasteiger partial charge in [0, 0.05) is 35.0 Å². The quantitative estimate of drug-likeness (QED) is 0.401. The fourth-order valence-corrected chi connectivity index (χ4v) is 4.59. The third kappa shape index (κ3) is 3.85. The van der Waals surface area contributed by atoms with E-state index in [-0.39, 0.29) is 24.8 Å². The average molecular weight is 446 g/mol. The fourth-order valence-electron chi connectivity index (χ4n) is 4.32. The zero-order valence-corrected chi connectivity index (χ0v) is 18.0.